The predicted molar refractivity (Wildman–Crippen MR) is 207 cm³/mol. The summed E-state index contributed by atoms with van der Waals surface area (Å²) in [7, 11) is 0. The summed E-state index contributed by atoms with van der Waals surface area (Å²) in [6.45, 7) is 0. The molecule has 0 atom stereocenters. The maximum Gasteiger partial charge on any atom is -0.0374 e. The number of rotatable bonds is 6. The first kappa shape index (κ1) is 28.6. The first-order chi connectivity index (χ1) is 23.8. The molecule has 0 fully saturated rings. The van der Waals surface area contributed by atoms with Gasteiger partial charge in [0.05, 0.1) is 0 Å². The molecule has 8 aromatic carbocycles. The van der Waals surface area contributed by atoms with Gasteiger partial charge >= 0.3 is 181 Å². The van der Waals surface area contributed by atoms with Crippen LogP contribution in [-0.2, 0) is 0 Å². The van der Waals surface area contributed by atoms with Crippen molar-refractivity contribution in [2.75, 3.05) is 4.90 Å². The van der Waals surface area contributed by atoms with Crippen LogP contribution >= 0.6 is 0 Å². The van der Waals surface area contributed by atoms with Crippen molar-refractivity contribution in [1.29, 1.82) is 0 Å². The molecule has 1 aromatic heterocycles. The zero-order chi connectivity index (χ0) is 31.9. The minimum atomic E-state index is 0.343. The van der Waals surface area contributed by atoms with E-state index in [2.05, 4.69) is 193 Å². The summed E-state index contributed by atoms with van der Waals surface area (Å²) >= 11 is 0.343. The van der Waals surface area contributed by atoms with Crippen molar-refractivity contribution >= 4 is 61.6 Å². The van der Waals surface area contributed by atoms with Crippen molar-refractivity contribution in [3.8, 4) is 33.4 Å². The minimum absolute atomic E-state index is 0.343. The van der Waals surface area contributed by atoms with Gasteiger partial charge in [-0.3, -0.25) is 0 Å². The fraction of sp³-hybridized carbons (Fsp3) is 0. The number of benzene rings is 8. The second-order valence-electron chi connectivity index (χ2n) is 12.2. The van der Waals surface area contributed by atoms with Gasteiger partial charge in [0.15, 0.2) is 0 Å². The molecule has 0 radical (unpaired) electrons. The van der Waals surface area contributed by atoms with Crippen LogP contribution in [0.1, 0.15) is 0 Å². The van der Waals surface area contributed by atoms with E-state index < -0.39 is 0 Å². The molecule has 9 aromatic rings. The Kier molecular flexibility index (Phi) is 7.24. The summed E-state index contributed by atoms with van der Waals surface area (Å²) in [4.78, 5) is 2.34. The molecule has 0 aliphatic rings. The van der Waals surface area contributed by atoms with Crippen molar-refractivity contribution in [2.45, 2.75) is 0 Å². The molecule has 0 amide bonds. The second kappa shape index (κ2) is 12.2. The van der Waals surface area contributed by atoms with Crippen LogP contribution in [0.3, 0.4) is 0 Å². The molecule has 2 heteroatoms. The van der Waals surface area contributed by atoms with Crippen molar-refractivity contribution in [3.05, 3.63) is 188 Å². The second-order valence-corrected chi connectivity index (χ2v) is 14.4. The number of para-hydroxylation sites is 1. The van der Waals surface area contributed by atoms with Crippen LogP contribution in [0.25, 0.3) is 63.4 Å². The molecule has 0 aliphatic carbocycles. The van der Waals surface area contributed by atoms with Crippen molar-refractivity contribution in [1.82, 2.24) is 0 Å². The van der Waals surface area contributed by atoms with Crippen LogP contribution < -0.4 is 4.90 Å². The van der Waals surface area contributed by atoms with Crippen LogP contribution in [-0.4, -0.2) is 14.5 Å². The zero-order valence-electron chi connectivity index (χ0n) is 26.3. The van der Waals surface area contributed by atoms with E-state index in [0.717, 1.165) is 17.1 Å². The summed E-state index contributed by atoms with van der Waals surface area (Å²) in [6.07, 6.45) is 0. The molecule has 0 aliphatic heterocycles. The van der Waals surface area contributed by atoms with Gasteiger partial charge in [-0.1, -0.05) is 60.7 Å². The number of hydrogen-bond acceptors (Lipinski definition) is 1. The number of anilines is 3. The summed E-state index contributed by atoms with van der Waals surface area (Å²) < 4.78 is 3.00. The summed E-state index contributed by atoms with van der Waals surface area (Å²) in [5, 5.41) is 5.51. The monoisotopic (exact) mass is 677 g/mol. The Morgan fingerprint density at radius 3 is 1.65 bits per heavy atom. The fourth-order valence-corrected chi connectivity index (χ4v) is 9.45. The van der Waals surface area contributed by atoms with Gasteiger partial charge in [0, 0.05) is 11.4 Å². The van der Waals surface area contributed by atoms with Crippen LogP contribution in [0, 0.1) is 0 Å². The Balaban J connectivity index is 1.08. The summed E-state index contributed by atoms with van der Waals surface area (Å²) in [5.41, 5.74) is 10.7. The van der Waals surface area contributed by atoms with E-state index in [1.807, 2.05) is 0 Å². The van der Waals surface area contributed by atoms with E-state index in [0.29, 0.717) is 14.5 Å². The van der Waals surface area contributed by atoms with Crippen molar-refractivity contribution in [2.24, 2.45) is 0 Å². The van der Waals surface area contributed by atoms with E-state index >= 15 is 0 Å². The molecule has 226 valence electrons. The van der Waals surface area contributed by atoms with Gasteiger partial charge in [-0.15, -0.1) is 0 Å². The van der Waals surface area contributed by atoms with E-state index in [1.165, 1.54) is 63.4 Å². The maximum atomic E-state index is 2.36. The Bertz CT molecular complexity index is 2550. The first-order valence-electron chi connectivity index (χ1n) is 16.3. The largest absolute Gasteiger partial charge is 0.0617 e. The van der Waals surface area contributed by atoms with Crippen LogP contribution in [0.2, 0.25) is 0 Å². The molecule has 0 saturated heterocycles. The summed E-state index contributed by atoms with van der Waals surface area (Å²) in [6, 6.07) is 68.4. The normalized spacial score (nSPS) is 11.3. The molecular weight excluding hydrogens is 645 g/mol. The minimum Gasteiger partial charge on any atom is -0.0617 e. The van der Waals surface area contributed by atoms with Gasteiger partial charge in [-0.2, -0.15) is 0 Å². The third-order valence-electron chi connectivity index (χ3n) is 9.24. The van der Waals surface area contributed by atoms with Gasteiger partial charge < -0.3 is 0 Å². The Labute approximate surface area is 286 Å². The van der Waals surface area contributed by atoms with Gasteiger partial charge in [0.25, 0.3) is 0 Å². The van der Waals surface area contributed by atoms with E-state index in [1.54, 1.807) is 0 Å². The maximum absolute atomic E-state index is 2.36. The molecular formula is C46H31NSe. The van der Waals surface area contributed by atoms with Crippen LogP contribution in [0.5, 0.6) is 0 Å². The Morgan fingerprint density at radius 1 is 0.312 bits per heavy atom. The van der Waals surface area contributed by atoms with Crippen LogP contribution in [0.4, 0.5) is 17.1 Å². The molecule has 0 unspecified atom stereocenters. The average molecular weight is 677 g/mol. The molecule has 0 spiro atoms. The Morgan fingerprint density at radius 2 is 0.854 bits per heavy atom. The standard InChI is InChI=1S/C46H31NSe/c1-3-11-32(12-4-1)33-21-25-40(26-22-33)47(39-16-5-2-6-17-39)41-18-10-15-36(31-41)34-13-9-14-35(29-34)37-23-27-42-38(30-37)24-28-44-43-19-7-8-20-45(43)48-46(42)44/h1-31H. The number of hydrogen-bond donors (Lipinski definition) is 0. The third-order valence-corrected chi connectivity index (χ3v) is 11.8. The molecule has 0 saturated carbocycles. The molecule has 1 nitrogen and oxygen atoms in total. The molecule has 48 heavy (non-hydrogen) atoms. The van der Waals surface area contributed by atoms with Crippen LogP contribution in [0.15, 0.2) is 188 Å². The van der Waals surface area contributed by atoms with Gasteiger partial charge in [0.2, 0.25) is 0 Å². The zero-order valence-corrected chi connectivity index (χ0v) is 28.0. The number of nitrogens with zero attached hydrogens (tertiary/aromatic N) is 1. The van der Waals surface area contributed by atoms with Gasteiger partial charge in [-0.05, 0) is 35.4 Å². The topological polar surface area (TPSA) is 3.24 Å². The molecule has 1 heterocycles. The summed E-state index contributed by atoms with van der Waals surface area (Å²) in [5.74, 6) is 0. The first-order valence-corrected chi connectivity index (χ1v) is 18.1. The fourth-order valence-electron chi connectivity index (χ4n) is 6.85. The van der Waals surface area contributed by atoms with Gasteiger partial charge in [-0.25, -0.2) is 0 Å². The van der Waals surface area contributed by atoms with Crippen molar-refractivity contribution in [3.63, 3.8) is 0 Å². The number of fused-ring (bicyclic) bond motifs is 5. The SMILES string of the molecule is c1ccc(-c2ccc(N(c3ccccc3)c3cccc(-c4cccc(-c5ccc6c(ccc7c8ccccc8[se]c67)c5)c4)c3)cc2)cc1. The smallest absolute Gasteiger partial charge is 0.0374 e. The molecule has 9 rings (SSSR count). The van der Waals surface area contributed by atoms with E-state index in [9.17, 15) is 0 Å². The average Bonchev–Trinajstić information content (AvgIpc) is 3.55. The Hall–Kier alpha value is -5.66. The molecule has 0 bridgehead atoms. The molecule has 0 N–H and O–H groups in total. The van der Waals surface area contributed by atoms with Gasteiger partial charge in [0.1, 0.15) is 0 Å². The predicted octanol–water partition coefficient (Wildman–Crippen LogP) is 12.7. The quantitative estimate of drug-likeness (QED) is 0.159. The van der Waals surface area contributed by atoms with E-state index in [4.69, 9.17) is 0 Å². The third kappa shape index (κ3) is 5.22. The van der Waals surface area contributed by atoms with E-state index in [-0.39, 0.29) is 0 Å². The van der Waals surface area contributed by atoms with Crippen molar-refractivity contribution < 1.29 is 0 Å².